The molecular weight excluding hydrogens is 310 g/mol. The van der Waals surface area contributed by atoms with Gasteiger partial charge in [-0.2, -0.15) is 0 Å². The third-order valence-electron chi connectivity index (χ3n) is 2.50. The van der Waals surface area contributed by atoms with Gasteiger partial charge in [0.05, 0.1) is 12.8 Å². The zero-order chi connectivity index (χ0) is 13.7. The van der Waals surface area contributed by atoms with E-state index in [1.54, 1.807) is 31.4 Å². The summed E-state index contributed by atoms with van der Waals surface area (Å²) in [5, 5.41) is 2.75. The first-order chi connectivity index (χ1) is 9.15. The van der Waals surface area contributed by atoms with Gasteiger partial charge in [0.15, 0.2) is 6.10 Å². The average Bonchev–Trinajstić information content (AvgIpc) is 2.89. The Kier molecular flexibility index (Phi) is 4.63. The van der Waals surface area contributed by atoms with Crippen LogP contribution in [0.5, 0.6) is 5.75 Å². The van der Waals surface area contributed by atoms with E-state index in [4.69, 9.17) is 9.15 Å². The van der Waals surface area contributed by atoms with E-state index in [0.29, 0.717) is 18.1 Å². The normalized spacial score (nSPS) is 11.9. The first-order valence-corrected chi connectivity index (χ1v) is 6.67. The number of benzene rings is 1. The van der Waals surface area contributed by atoms with E-state index < -0.39 is 6.10 Å². The minimum atomic E-state index is -0.565. The number of rotatable bonds is 5. The second-order valence-corrected chi connectivity index (χ2v) is 4.93. The first-order valence-electron chi connectivity index (χ1n) is 5.87. The fourth-order valence-corrected chi connectivity index (χ4v) is 1.91. The van der Waals surface area contributed by atoms with Gasteiger partial charge in [-0.3, -0.25) is 4.79 Å². The molecule has 2 rings (SSSR count). The highest BCUT2D eigenvalue weighted by Crippen LogP contribution is 2.18. The van der Waals surface area contributed by atoms with Crippen LogP contribution in [0.25, 0.3) is 0 Å². The average molecular weight is 324 g/mol. The van der Waals surface area contributed by atoms with Crippen LogP contribution in [-0.4, -0.2) is 12.0 Å². The summed E-state index contributed by atoms with van der Waals surface area (Å²) in [6.45, 7) is 2.07. The van der Waals surface area contributed by atoms with Crippen molar-refractivity contribution in [2.45, 2.75) is 19.6 Å². The van der Waals surface area contributed by atoms with Crippen molar-refractivity contribution in [1.29, 1.82) is 0 Å². The Morgan fingerprint density at radius 1 is 1.42 bits per heavy atom. The minimum Gasteiger partial charge on any atom is -0.481 e. The maximum absolute atomic E-state index is 11.8. The molecule has 0 radical (unpaired) electrons. The van der Waals surface area contributed by atoms with Gasteiger partial charge in [0.25, 0.3) is 5.91 Å². The first kappa shape index (κ1) is 13.7. The van der Waals surface area contributed by atoms with Crippen LogP contribution in [0.1, 0.15) is 12.7 Å². The van der Waals surface area contributed by atoms with Gasteiger partial charge < -0.3 is 14.5 Å². The van der Waals surface area contributed by atoms with Crippen molar-refractivity contribution in [3.05, 3.63) is 52.9 Å². The minimum absolute atomic E-state index is 0.184. The largest absolute Gasteiger partial charge is 0.481 e. The fraction of sp³-hybridized carbons (Fsp3) is 0.214. The van der Waals surface area contributed by atoms with E-state index in [-0.39, 0.29) is 5.91 Å². The van der Waals surface area contributed by atoms with Gasteiger partial charge in [0.1, 0.15) is 11.5 Å². The van der Waals surface area contributed by atoms with Crippen LogP contribution in [0.3, 0.4) is 0 Å². The molecule has 1 amide bonds. The van der Waals surface area contributed by atoms with Gasteiger partial charge in [-0.25, -0.2) is 0 Å². The molecule has 4 nitrogen and oxygen atoms in total. The molecule has 1 heterocycles. The highest BCUT2D eigenvalue weighted by Gasteiger charge is 2.14. The van der Waals surface area contributed by atoms with Crippen molar-refractivity contribution < 1.29 is 13.9 Å². The Labute approximate surface area is 119 Å². The van der Waals surface area contributed by atoms with Crippen LogP contribution in [-0.2, 0) is 11.3 Å². The third kappa shape index (κ3) is 4.13. The predicted octanol–water partition coefficient (Wildman–Crippen LogP) is 3.13. The van der Waals surface area contributed by atoms with Crippen LogP contribution >= 0.6 is 15.9 Å². The lowest BCUT2D eigenvalue weighted by Crippen LogP contribution is -2.35. The summed E-state index contributed by atoms with van der Waals surface area (Å²) in [7, 11) is 0. The smallest absolute Gasteiger partial charge is 0.261 e. The van der Waals surface area contributed by atoms with E-state index in [0.717, 1.165) is 4.47 Å². The molecular formula is C14H14BrNO3. The van der Waals surface area contributed by atoms with E-state index in [1.165, 1.54) is 0 Å². The number of halogens is 1. The van der Waals surface area contributed by atoms with E-state index in [2.05, 4.69) is 21.2 Å². The molecule has 19 heavy (non-hydrogen) atoms. The van der Waals surface area contributed by atoms with E-state index in [9.17, 15) is 4.79 Å². The lowest BCUT2D eigenvalue weighted by Gasteiger charge is -2.14. The SMILES string of the molecule is CC(Oc1cccc(Br)c1)C(=O)NCc1ccco1. The number of ether oxygens (including phenoxy) is 1. The number of carbonyl (C=O) groups excluding carboxylic acids is 1. The molecule has 1 unspecified atom stereocenters. The number of carbonyl (C=O) groups is 1. The molecule has 0 spiro atoms. The van der Waals surface area contributed by atoms with Crippen molar-refractivity contribution >= 4 is 21.8 Å². The van der Waals surface area contributed by atoms with Crippen molar-refractivity contribution in [2.24, 2.45) is 0 Å². The van der Waals surface area contributed by atoms with Gasteiger partial charge in [0, 0.05) is 4.47 Å². The fourth-order valence-electron chi connectivity index (χ4n) is 1.53. The number of hydrogen-bond acceptors (Lipinski definition) is 3. The third-order valence-corrected chi connectivity index (χ3v) is 2.99. The molecule has 1 aromatic heterocycles. The van der Waals surface area contributed by atoms with Crippen molar-refractivity contribution in [1.82, 2.24) is 5.32 Å². The summed E-state index contributed by atoms with van der Waals surface area (Å²) in [5.41, 5.74) is 0. The van der Waals surface area contributed by atoms with E-state index >= 15 is 0 Å². The monoisotopic (exact) mass is 323 g/mol. The highest BCUT2D eigenvalue weighted by atomic mass is 79.9. The standard InChI is InChI=1S/C14H14BrNO3/c1-10(19-12-5-2-4-11(15)8-12)14(17)16-9-13-6-3-7-18-13/h2-8,10H,9H2,1H3,(H,16,17). The zero-order valence-electron chi connectivity index (χ0n) is 10.4. The van der Waals surface area contributed by atoms with Gasteiger partial charge >= 0.3 is 0 Å². The lowest BCUT2D eigenvalue weighted by molar-refractivity contribution is -0.127. The Hall–Kier alpha value is -1.75. The zero-order valence-corrected chi connectivity index (χ0v) is 12.0. The van der Waals surface area contributed by atoms with Crippen molar-refractivity contribution in [2.75, 3.05) is 0 Å². The molecule has 0 saturated carbocycles. The Balaban J connectivity index is 1.85. The molecule has 0 bridgehead atoms. The number of hydrogen-bond donors (Lipinski definition) is 1. The molecule has 5 heteroatoms. The molecule has 0 fully saturated rings. The van der Waals surface area contributed by atoms with Gasteiger partial charge in [0.2, 0.25) is 0 Å². The molecule has 1 atom stereocenters. The van der Waals surface area contributed by atoms with Crippen molar-refractivity contribution in [3.63, 3.8) is 0 Å². The van der Waals surface area contributed by atoms with Gasteiger partial charge in [-0.15, -0.1) is 0 Å². The number of nitrogens with one attached hydrogen (secondary N) is 1. The molecule has 1 N–H and O–H groups in total. The van der Waals surface area contributed by atoms with Crippen LogP contribution in [0.4, 0.5) is 0 Å². The lowest BCUT2D eigenvalue weighted by atomic mass is 10.3. The summed E-state index contributed by atoms with van der Waals surface area (Å²) >= 11 is 3.35. The summed E-state index contributed by atoms with van der Waals surface area (Å²) < 4.78 is 11.6. The Bertz CT molecular complexity index is 539. The summed E-state index contributed by atoms with van der Waals surface area (Å²) in [6, 6.07) is 11.0. The quantitative estimate of drug-likeness (QED) is 0.919. The summed E-state index contributed by atoms with van der Waals surface area (Å²) in [5.74, 6) is 1.18. The molecule has 0 aliphatic carbocycles. The van der Waals surface area contributed by atoms with E-state index in [1.807, 2.05) is 18.2 Å². The maximum Gasteiger partial charge on any atom is 0.261 e. The van der Waals surface area contributed by atoms with Crippen molar-refractivity contribution in [3.8, 4) is 5.75 Å². The molecule has 1 aromatic carbocycles. The van der Waals surface area contributed by atoms with Crippen LogP contribution in [0, 0.1) is 0 Å². The molecule has 0 aliphatic heterocycles. The second kappa shape index (κ2) is 6.43. The number of amides is 1. The summed E-state index contributed by atoms with van der Waals surface area (Å²) in [6.07, 6.45) is 1.01. The molecule has 2 aromatic rings. The predicted molar refractivity (Wildman–Crippen MR) is 74.8 cm³/mol. The molecule has 0 aliphatic rings. The molecule has 0 saturated heterocycles. The van der Waals surface area contributed by atoms with Crippen LogP contribution < -0.4 is 10.1 Å². The van der Waals surface area contributed by atoms with Crippen LogP contribution in [0.2, 0.25) is 0 Å². The second-order valence-electron chi connectivity index (χ2n) is 4.01. The highest BCUT2D eigenvalue weighted by molar-refractivity contribution is 9.10. The molecule has 100 valence electrons. The van der Waals surface area contributed by atoms with Gasteiger partial charge in [-0.05, 0) is 37.3 Å². The van der Waals surface area contributed by atoms with Crippen LogP contribution in [0.15, 0.2) is 51.6 Å². The topological polar surface area (TPSA) is 51.5 Å². The summed E-state index contributed by atoms with van der Waals surface area (Å²) in [4.78, 5) is 11.8. The number of furan rings is 1. The maximum atomic E-state index is 11.8. The Morgan fingerprint density at radius 3 is 2.95 bits per heavy atom. The Morgan fingerprint density at radius 2 is 2.26 bits per heavy atom. The van der Waals surface area contributed by atoms with Gasteiger partial charge in [-0.1, -0.05) is 22.0 Å².